The molecule has 0 fully saturated rings. The maximum Gasteiger partial charge on any atom is 0.323 e. The number of aromatic nitrogens is 2. The van der Waals surface area contributed by atoms with Gasteiger partial charge in [-0.1, -0.05) is 35.3 Å². The fourth-order valence-electron chi connectivity index (χ4n) is 3.14. The van der Waals surface area contributed by atoms with Crippen LogP contribution in [0.4, 0.5) is 5.69 Å². The number of rotatable bonds is 7. The van der Waals surface area contributed by atoms with E-state index in [1.165, 1.54) is 0 Å². The van der Waals surface area contributed by atoms with E-state index in [0.717, 1.165) is 27.8 Å². The Morgan fingerprint density at radius 2 is 1.80 bits per heavy atom. The Bertz CT molecular complexity index is 1250. The molecule has 8 heteroatoms. The van der Waals surface area contributed by atoms with Gasteiger partial charge in [0.2, 0.25) is 0 Å². The normalized spacial score (nSPS) is 10.9. The summed E-state index contributed by atoms with van der Waals surface area (Å²) in [4.78, 5) is 16.9. The minimum absolute atomic E-state index is 0.230. The number of methoxy groups -OCH3 is 1. The number of imidazole rings is 1. The quantitative estimate of drug-likeness (QED) is 0.359. The van der Waals surface area contributed by atoms with Crippen LogP contribution in [0.1, 0.15) is 11.1 Å². The zero-order chi connectivity index (χ0) is 21.1. The number of nitrogens with one attached hydrogen (secondary N) is 3. The van der Waals surface area contributed by atoms with Gasteiger partial charge in [0.05, 0.1) is 23.2 Å². The number of H-pyrrole nitrogens is 2. The second kappa shape index (κ2) is 8.73. The fraction of sp³-hybridized carbons (Fsp3) is 0.136. The number of ether oxygens (including phenoxy) is 2. The van der Waals surface area contributed by atoms with E-state index in [0.29, 0.717) is 34.7 Å². The van der Waals surface area contributed by atoms with E-state index >= 15 is 0 Å². The third-order valence-electron chi connectivity index (χ3n) is 4.57. The molecule has 0 amide bonds. The largest absolute Gasteiger partial charge is 0.493 e. The van der Waals surface area contributed by atoms with Crippen LogP contribution in [-0.4, -0.2) is 17.1 Å². The molecule has 6 nitrogen and oxygen atoms in total. The number of hydrogen-bond acceptors (Lipinski definition) is 4. The summed E-state index contributed by atoms with van der Waals surface area (Å²) in [6, 6.07) is 16.8. The Morgan fingerprint density at radius 3 is 2.60 bits per heavy atom. The molecule has 0 bridgehead atoms. The molecule has 30 heavy (non-hydrogen) atoms. The highest BCUT2D eigenvalue weighted by Crippen LogP contribution is 2.37. The minimum atomic E-state index is -0.230. The molecule has 1 heterocycles. The third-order valence-corrected chi connectivity index (χ3v) is 5.09. The van der Waals surface area contributed by atoms with Gasteiger partial charge in [0.1, 0.15) is 6.61 Å². The van der Waals surface area contributed by atoms with Gasteiger partial charge in [-0.2, -0.15) is 0 Å². The van der Waals surface area contributed by atoms with Crippen molar-refractivity contribution in [1.29, 1.82) is 0 Å². The summed E-state index contributed by atoms with van der Waals surface area (Å²) < 4.78 is 11.4. The lowest BCUT2D eigenvalue weighted by Gasteiger charge is -2.15. The van der Waals surface area contributed by atoms with Crippen LogP contribution in [-0.2, 0) is 13.2 Å². The second-order valence-electron chi connectivity index (χ2n) is 6.72. The number of halogens is 2. The lowest BCUT2D eigenvalue weighted by Crippen LogP contribution is -2.02. The van der Waals surface area contributed by atoms with Crippen molar-refractivity contribution in [2.24, 2.45) is 0 Å². The summed E-state index contributed by atoms with van der Waals surface area (Å²) in [7, 11) is 1.57. The van der Waals surface area contributed by atoms with Gasteiger partial charge in [0, 0.05) is 17.3 Å². The van der Waals surface area contributed by atoms with Crippen LogP contribution in [0.5, 0.6) is 11.5 Å². The molecule has 0 saturated carbocycles. The first-order valence-corrected chi connectivity index (χ1v) is 9.97. The predicted molar refractivity (Wildman–Crippen MR) is 120 cm³/mol. The average Bonchev–Trinajstić information content (AvgIpc) is 3.10. The van der Waals surface area contributed by atoms with E-state index in [1.54, 1.807) is 7.11 Å². The zero-order valence-electron chi connectivity index (χ0n) is 16.1. The molecule has 0 aliphatic heterocycles. The van der Waals surface area contributed by atoms with Crippen molar-refractivity contribution in [1.82, 2.24) is 9.97 Å². The summed E-state index contributed by atoms with van der Waals surface area (Å²) >= 11 is 12.5. The monoisotopic (exact) mass is 443 g/mol. The second-order valence-corrected chi connectivity index (χ2v) is 7.56. The highest BCUT2D eigenvalue weighted by Gasteiger charge is 2.13. The minimum Gasteiger partial charge on any atom is -0.493 e. The van der Waals surface area contributed by atoms with Crippen molar-refractivity contribution >= 4 is 39.9 Å². The molecule has 4 aromatic rings. The summed E-state index contributed by atoms with van der Waals surface area (Å²) in [6.07, 6.45) is 0. The first-order valence-electron chi connectivity index (χ1n) is 9.21. The first-order chi connectivity index (χ1) is 14.5. The van der Waals surface area contributed by atoms with Crippen LogP contribution >= 0.6 is 23.2 Å². The standard InChI is InChI=1S/C22H19Cl2N3O3/c1-29-20-9-14(11-25-16-5-6-18-19(10-16)27-22(28)26-18)8-17(24)21(20)30-12-13-3-2-4-15(23)7-13/h2-10,25H,11-12H2,1H3,(H2,26,27,28). The van der Waals surface area contributed by atoms with Gasteiger partial charge < -0.3 is 24.8 Å². The molecular weight excluding hydrogens is 425 g/mol. The highest BCUT2D eigenvalue weighted by molar-refractivity contribution is 6.32. The number of fused-ring (bicyclic) bond motifs is 1. The van der Waals surface area contributed by atoms with Crippen LogP contribution in [0.3, 0.4) is 0 Å². The van der Waals surface area contributed by atoms with Gasteiger partial charge in [0.25, 0.3) is 0 Å². The molecule has 154 valence electrons. The van der Waals surface area contributed by atoms with E-state index in [1.807, 2.05) is 54.6 Å². The molecule has 0 unspecified atom stereocenters. The van der Waals surface area contributed by atoms with Crippen molar-refractivity contribution in [3.05, 3.63) is 86.3 Å². The molecule has 0 saturated heterocycles. The summed E-state index contributed by atoms with van der Waals surface area (Å²) in [5.74, 6) is 1.03. The van der Waals surface area contributed by atoms with E-state index in [2.05, 4.69) is 15.3 Å². The third kappa shape index (κ3) is 4.56. The number of hydrogen-bond donors (Lipinski definition) is 3. The fourth-order valence-corrected chi connectivity index (χ4v) is 3.64. The summed E-state index contributed by atoms with van der Waals surface area (Å²) in [6.45, 7) is 0.841. The van der Waals surface area contributed by atoms with Crippen LogP contribution in [0, 0.1) is 0 Å². The van der Waals surface area contributed by atoms with Crippen LogP contribution in [0.15, 0.2) is 59.4 Å². The number of benzene rings is 3. The Morgan fingerprint density at radius 1 is 0.967 bits per heavy atom. The molecule has 0 atom stereocenters. The van der Waals surface area contributed by atoms with Crippen molar-refractivity contribution in [2.45, 2.75) is 13.2 Å². The summed E-state index contributed by atoms with van der Waals surface area (Å²) in [5.41, 5.74) is 4.00. The van der Waals surface area contributed by atoms with Gasteiger partial charge in [0.15, 0.2) is 11.5 Å². The molecular formula is C22H19Cl2N3O3. The maximum atomic E-state index is 11.4. The van der Waals surface area contributed by atoms with Gasteiger partial charge in [-0.3, -0.25) is 0 Å². The molecule has 0 spiro atoms. The Labute approximate surface area is 182 Å². The lowest BCUT2D eigenvalue weighted by atomic mass is 10.2. The van der Waals surface area contributed by atoms with Crippen LogP contribution < -0.4 is 20.5 Å². The van der Waals surface area contributed by atoms with Crippen molar-refractivity contribution in [3.8, 4) is 11.5 Å². The van der Waals surface area contributed by atoms with Gasteiger partial charge in [-0.25, -0.2) is 4.79 Å². The predicted octanol–water partition coefficient (Wildman–Crippen LogP) is 5.36. The van der Waals surface area contributed by atoms with Crippen molar-refractivity contribution < 1.29 is 9.47 Å². The molecule has 1 aromatic heterocycles. The first kappa shape index (κ1) is 20.2. The Balaban J connectivity index is 1.48. The van der Waals surface area contributed by atoms with Gasteiger partial charge in [-0.05, 0) is 53.6 Å². The van der Waals surface area contributed by atoms with E-state index in [4.69, 9.17) is 32.7 Å². The SMILES string of the molecule is COc1cc(CNc2ccc3[nH]c(=O)[nH]c3c2)cc(Cl)c1OCc1cccc(Cl)c1. The lowest BCUT2D eigenvalue weighted by molar-refractivity contribution is 0.284. The highest BCUT2D eigenvalue weighted by atomic mass is 35.5. The van der Waals surface area contributed by atoms with E-state index in [9.17, 15) is 4.79 Å². The smallest absolute Gasteiger partial charge is 0.323 e. The number of aromatic amines is 2. The van der Waals surface area contributed by atoms with Gasteiger partial charge in [-0.15, -0.1) is 0 Å². The zero-order valence-corrected chi connectivity index (χ0v) is 17.6. The average molecular weight is 444 g/mol. The molecule has 0 aliphatic carbocycles. The van der Waals surface area contributed by atoms with E-state index < -0.39 is 0 Å². The van der Waals surface area contributed by atoms with Gasteiger partial charge >= 0.3 is 5.69 Å². The van der Waals surface area contributed by atoms with E-state index in [-0.39, 0.29) is 5.69 Å². The van der Waals surface area contributed by atoms with Crippen LogP contribution in [0.2, 0.25) is 10.0 Å². The molecule has 3 aromatic carbocycles. The summed E-state index contributed by atoms with van der Waals surface area (Å²) in [5, 5.41) is 4.43. The number of anilines is 1. The molecule has 4 rings (SSSR count). The van der Waals surface area contributed by atoms with Crippen molar-refractivity contribution in [2.75, 3.05) is 12.4 Å². The molecule has 3 N–H and O–H groups in total. The van der Waals surface area contributed by atoms with Crippen molar-refractivity contribution in [3.63, 3.8) is 0 Å². The molecule has 0 aliphatic rings. The Hall–Kier alpha value is -3.09. The maximum absolute atomic E-state index is 11.4. The van der Waals surface area contributed by atoms with Crippen LogP contribution in [0.25, 0.3) is 11.0 Å². The Kier molecular flexibility index (Phi) is 5.88. The molecule has 0 radical (unpaired) electrons. The topological polar surface area (TPSA) is 79.1 Å².